The van der Waals surface area contributed by atoms with Crippen LogP contribution in [0.3, 0.4) is 0 Å². The molecule has 0 aromatic heterocycles. The number of ether oxygens (including phenoxy) is 1. The highest BCUT2D eigenvalue weighted by atomic mass is 35.5. The van der Waals surface area contributed by atoms with Gasteiger partial charge >= 0.3 is 5.97 Å². The summed E-state index contributed by atoms with van der Waals surface area (Å²) < 4.78 is 5.30. The number of benzene rings is 1. The molecule has 0 aliphatic heterocycles. The first kappa shape index (κ1) is 16.3. The summed E-state index contributed by atoms with van der Waals surface area (Å²) in [5.74, 6) is -1.12. The molecule has 2 N–H and O–H groups in total. The van der Waals surface area contributed by atoms with Crippen LogP contribution in [-0.2, 0) is 9.59 Å². The van der Waals surface area contributed by atoms with Crippen LogP contribution in [0.2, 0.25) is 5.02 Å². The number of aliphatic carboxylic acids is 1. The first-order valence-electron chi connectivity index (χ1n) is 6.35. The smallest absolute Gasteiger partial charge is 0.326 e. The Kier molecular flexibility index (Phi) is 6.31. The Labute approximate surface area is 122 Å². The minimum absolute atomic E-state index is 0.267. The largest absolute Gasteiger partial charge is 0.482 e. The minimum atomic E-state index is -1.05. The second-order valence-corrected chi connectivity index (χ2v) is 4.88. The van der Waals surface area contributed by atoms with E-state index in [0.717, 1.165) is 5.56 Å². The van der Waals surface area contributed by atoms with Gasteiger partial charge in [0, 0.05) is 0 Å². The molecule has 0 fully saturated rings. The predicted octanol–water partition coefficient (Wildman–Crippen LogP) is 2.40. The Morgan fingerprint density at radius 2 is 2.15 bits per heavy atom. The van der Waals surface area contributed by atoms with Gasteiger partial charge in [0.25, 0.3) is 5.91 Å². The Balaban J connectivity index is 2.54. The normalized spacial score (nSPS) is 11.8. The molecule has 0 radical (unpaired) electrons. The van der Waals surface area contributed by atoms with E-state index in [1.165, 1.54) is 0 Å². The van der Waals surface area contributed by atoms with E-state index in [1.807, 2.05) is 19.9 Å². The molecule has 6 heteroatoms. The summed E-state index contributed by atoms with van der Waals surface area (Å²) in [5, 5.41) is 11.8. The monoisotopic (exact) mass is 299 g/mol. The highest BCUT2D eigenvalue weighted by molar-refractivity contribution is 6.32. The van der Waals surface area contributed by atoms with Gasteiger partial charge in [0.15, 0.2) is 6.61 Å². The van der Waals surface area contributed by atoms with E-state index in [4.69, 9.17) is 21.4 Å². The van der Waals surface area contributed by atoms with Crippen LogP contribution in [0.25, 0.3) is 0 Å². The molecule has 0 bridgehead atoms. The summed E-state index contributed by atoms with van der Waals surface area (Å²) in [6.07, 6.45) is 1.05. The number of hydrogen-bond donors (Lipinski definition) is 2. The van der Waals surface area contributed by atoms with Gasteiger partial charge in [-0.2, -0.15) is 0 Å². The maximum Gasteiger partial charge on any atom is 0.326 e. The van der Waals surface area contributed by atoms with Gasteiger partial charge in [-0.25, -0.2) is 4.79 Å². The van der Waals surface area contributed by atoms with Crippen LogP contribution in [0.15, 0.2) is 18.2 Å². The molecule has 1 amide bonds. The van der Waals surface area contributed by atoms with Crippen LogP contribution in [0.4, 0.5) is 0 Å². The molecule has 1 aromatic rings. The van der Waals surface area contributed by atoms with E-state index in [0.29, 0.717) is 23.6 Å². The van der Waals surface area contributed by atoms with E-state index in [2.05, 4.69) is 5.32 Å². The Morgan fingerprint density at radius 3 is 2.75 bits per heavy atom. The van der Waals surface area contributed by atoms with Crippen LogP contribution < -0.4 is 10.1 Å². The fraction of sp³-hybridized carbons (Fsp3) is 0.429. The first-order valence-corrected chi connectivity index (χ1v) is 6.73. The molecule has 5 nitrogen and oxygen atoms in total. The molecule has 0 saturated carbocycles. The molecular weight excluding hydrogens is 282 g/mol. The molecule has 0 aliphatic carbocycles. The number of rotatable bonds is 7. The van der Waals surface area contributed by atoms with Gasteiger partial charge in [-0.1, -0.05) is 31.0 Å². The van der Waals surface area contributed by atoms with Gasteiger partial charge in [-0.15, -0.1) is 0 Å². The Morgan fingerprint density at radius 1 is 1.45 bits per heavy atom. The fourth-order valence-electron chi connectivity index (χ4n) is 1.65. The van der Waals surface area contributed by atoms with Crippen molar-refractivity contribution >= 4 is 23.5 Å². The summed E-state index contributed by atoms with van der Waals surface area (Å²) >= 11 is 5.93. The van der Waals surface area contributed by atoms with Crippen LogP contribution >= 0.6 is 11.6 Å². The van der Waals surface area contributed by atoms with Crippen molar-refractivity contribution in [3.05, 3.63) is 28.8 Å². The number of hydrogen-bond acceptors (Lipinski definition) is 3. The third-order valence-corrected chi connectivity index (χ3v) is 2.97. The number of nitrogens with one attached hydrogen (secondary N) is 1. The van der Waals surface area contributed by atoms with Crippen molar-refractivity contribution in [2.75, 3.05) is 6.61 Å². The number of carboxylic acid groups (broad SMARTS) is 1. The maximum absolute atomic E-state index is 11.7. The quantitative estimate of drug-likeness (QED) is 0.810. The van der Waals surface area contributed by atoms with E-state index in [9.17, 15) is 9.59 Å². The summed E-state index contributed by atoms with van der Waals surface area (Å²) in [5.41, 5.74) is 0.958. The van der Waals surface area contributed by atoms with Gasteiger partial charge in [0.2, 0.25) is 0 Å². The van der Waals surface area contributed by atoms with Crippen LogP contribution in [0, 0.1) is 6.92 Å². The van der Waals surface area contributed by atoms with Crippen LogP contribution in [0.5, 0.6) is 5.75 Å². The van der Waals surface area contributed by atoms with Crippen molar-refractivity contribution in [3.8, 4) is 5.75 Å². The van der Waals surface area contributed by atoms with E-state index < -0.39 is 17.9 Å². The number of aryl methyl sites for hydroxylation is 1. The molecule has 0 spiro atoms. The Bertz CT molecular complexity index is 490. The van der Waals surface area contributed by atoms with Gasteiger partial charge < -0.3 is 15.2 Å². The molecule has 0 unspecified atom stereocenters. The zero-order chi connectivity index (χ0) is 15.1. The van der Waals surface area contributed by atoms with Crippen molar-refractivity contribution in [3.63, 3.8) is 0 Å². The van der Waals surface area contributed by atoms with Crippen LogP contribution in [0.1, 0.15) is 25.3 Å². The number of amides is 1. The summed E-state index contributed by atoms with van der Waals surface area (Å²) in [4.78, 5) is 22.6. The zero-order valence-corrected chi connectivity index (χ0v) is 12.2. The second kappa shape index (κ2) is 7.75. The minimum Gasteiger partial charge on any atom is -0.482 e. The Hall–Kier alpha value is -1.75. The summed E-state index contributed by atoms with van der Waals surface area (Å²) in [6.45, 7) is 3.47. The van der Waals surface area contributed by atoms with E-state index >= 15 is 0 Å². The lowest BCUT2D eigenvalue weighted by atomic mass is 10.2. The molecule has 1 atom stereocenters. The highest BCUT2D eigenvalue weighted by Gasteiger charge is 2.19. The van der Waals surface area contributed by atoms with Crippen molar-refractivity contribution in [2.24, 2.45) is 0 Å². The van der Waals surface area contributed by atoms with Crippen molar-refractivity contribution < 1.29 is 19.4 Å². The number of halogens is 1. The molecule has 20 heavy (non-hydrogen) atoms. The van der Waals surface area contributed by atoms with Crippen molar-refractivity contribution in [2.45, 2.75) is 32.7 Å². The first-order chi connectivity index (χ1) is 9.43. The highest BCUT2D eigenvalue weighted by Crippen LogP contribution is 2.24. The number of carboxylic acids is 1. The van der Waals surface area contributed by atoms with E-state index in [1.54, 1.807) is 12.1 Å². The number of carbonyl (C=O) groups is 2. The van der Waals surface area contributed by atoms with Crippen molar-refractivity contribution in [1.82, 2.24) is 5.32 Å². The summed E-state index contributed by atoms with van der Waals surface area (Å²) in [6, 6.07) is 4.35. The van der Waals surface area contributed by atoms with Crippen LogP contribution in [-0.4, -0.2) is 29.6 Å². The molecule has 0 aliphatic rings. The van der Waals surface area contributed by atoms with Crippen molar-refractivity contribution in [1.29, 1.82) is 0 Å². The maximum atomic E-state index is 11.7. The molecule has 0 saturated heterocycles. The standard InChI is InChI=1S/C14H18ClNO4/c1-3-4-11(14(18)19)16-13(17)8-20-12-7-9(2)5-6-10(12)15/h5-7,11H,3-4,8H2,1-2H3,(H,16,17)(H,18,19)/t11-/m0/s1. The third-order valence-electron chi connectivity index (χ3n) is 2.66. The fourth-order valence-corrected chi connectivity index (χ4v) is 1.82. The molecular formula is C14H18ClNO4. The van der Waals surface area contributed by atoms with Gasteiger partial charge in [-0.3, -0.25) is 4.79 Å². The summed E-state index contributed by atoms with van der Waals surface area (Å²) in [7, 11) is 0. The average Bonchev–Trinajstić information content (AvgIpc) is 2.39. The molecule has 110 valence electrons. The van der Waals surface area contributed by atoms with Gasteiger partial charge in [0.1, 0.15) is 11.8 Å². The third kappa shape index (κ3) is 5.09. The predicted molar refractivity (Wildman–Crippen MR) is 76.2 cm³/mol. The lowest BCUT2D eigenvalue weighted by Crippen LogP contribution is -2.42. The van der Waals surface area contributed by atoms with Gasteiger partial charge in [0.05, 0.1) is 5.02 Å². The lowest BCUT2D eigenvalue weighted by molar-refractivity contribution is -0.142. The second-order valence-electron chi connectivity index (χ2n) is 4.47. The SMILES string of the molecule is CCC[C@H](NC(=O)COc1cc(C)ccc1Cl)C(=O)O. The average molecular weight is 300 g/mol. The molecule has 1 rings (SSSR count). The molecule has 1 aromatic carbocycles. The van der Waals surface area contributed by atoms with E-state index in [-0.39, 0.29) is 6.61 Å². The molecule has 0 heterocycles. The van der Waals surface area contributed by atoms with Gasteiger partial charge in [-0.05, 0) is 31.0 Å². The number of carbonyl (C=O) groups excluding carboxylic acids is 1. The topological polar surface area (TPSA) is 75.6 Å². The lowest BCUT2D eigenvalue weighted by Gasteiger charge is -2.14. The zero-order valence-electron chi connectivity index (χ0n) is 11.5.